The van der Waals surface area contributed by atoms with Crippen molar-refractivity contribution in [2.24, 2.45) is 17.6 Å². The highest BCUT2D eigenvalue weighted by molar-refractivity contribution is 5.74. The summed E-state index contributed by atoms with van der Waals surface area (Å²) in [6.45, 7) is 13.1. The van der Waals surface area contributed by atoms with Crippen LogP contribution in [0.25, 0.3) is 0 Å². The van der Waals surface area contributed by atoms with Crippen molar-refractivity contribution in [3.05, 3.63) is 29.8 Å². The first-order chi connectivity index (χ1) is 14.4. The maximum Gasteiger partial charge on any atom is 0.410 e. The summed E-state index contributed by atoms with van der Waals surface area (Å²) in [6, 6.07) is 7.71. The number of carbonyl (C=O) groups excluding carboxylic acids is 2. The Kier molecular flexibility index (Phi) is 8.34. The maximum absolute atomic E-state index is 13.1. The van der Waals surface area contributed by atoms with E-state index in [1.807, 2.05) is 65.8 Å². The van der Waals surface area contributed by atoms with Crippen LogP contribution in [-0.2, 0) is 20.7 Å². The molecule has 0 bridgehead atoms. The molecule has 1 saturated heterocycles. The molecule has 2 N–H and O–H groups in total. The first-order valence-electron chi connectivity index (χ1n) is 11.0. The molecule has 1 aromatic carbocycles. The van der Waals surface area contributed by atoms with Gasteiger partial charge in [-0.25, -0.2) is 4.79 Å². The fourth-order valence-corrected chi connectivity index (χ4v) is 3.62. The van der Waals surface area contributed by atoms with Gasteiger partial charge >= 0.3 is 12.1 Å². The van der Waals surface area contributed by atoms with Crippen molar-refractivity contribution in [1.82, 2.24) is 4.90 Å². The fourth-order valence-electron chi connectivity index (χ4n) is 3.62. The fraction of sp³-hybridized carbons (Fsp3) is 0.667. The lowest BCUT2D eigenvalue weighted by Gasteiger charge is -2.28. The molecule has 0 saturated carbocycles. The Labute approximate surface area is 186 Å². The third kappa shape index (κ3) is 8.40. The molecule has 7 nitrogen and oxygen atoms in total. The van der Waals surface area contributed by atoms with Crippen molar-refractivity contribution >= 4 is 12.1 Å². The Morgan fingerprint density at radius 2 is 1.81 bits per heavy atom. The average molecular weight is 435 g/mol. The lowest BCUT2D eigenvalue weighted by molar-refractivity contribution is -0.161. The number of hydrogen-bond donors (Lipinski definition) is 1. The van der Waals surface area contributed by atoms with Gasteiger partial charge in [0.15, 0.2) is 0 Å². The number of ether oxygens (including phenoxy) is 3. The lowest BCUT2D eigenvalue weighted by atomic mass is 9.86. The summed E-state index contributed by atoms with van der Waals surface area (Å²) in [7, 11) is 0. The Balaban J connectivity index is 2.16. The van der Waals surface area contributed by atoms with Crippen LogP contribution in [0.15, 0.2) is 24.3 Å². The molecule has 0 aliphatic carbocycles. The Hall–Kier alpha value is -2.28. The van der Waals surface area contributed by atoms with Gasteiger partial charge in [0.2, 0.25) is 0 Å². The average Bonchev–Trinajstić information content (AvgIpc) is 3.12. The highest BCUT2D eigenvalue weighted by atomic mass is 16.6. The van der Waals surface area contributed by atoms with Crippen molar-refractivity contribution in [1.29, 1.82) is 0 Å². The van der Waals surface area contributed by atoms with Gasteiger partial charge in [0.25, 0.3) is 0 Å². The second-order valence-corrected chi connectivity index (χ2v) is 10.1. The van der Waals surface area contributed by atoms with Crippen LogP contribution in [0.2, 0.25) is 0 Å². The van der Waals surface area contributed by atoms with Crippen LogP contribution in [0.4, 0.5) is 4.79 Å². The molecule has 0 radical (unpaired) electrons. The van der Waals surface area contributed by atoms with Gasteiger partial charge in [-0.1, -0.05) is 12.1 Å². The molecule has 1 aliphatic heterocycles. The summed E-state index contributed by atoms with van der Waals surface area (Å²) in [5, 5.41) is 0. The van der Waals surface area contributed by atoms with E-state index in [4.69, 9.17) is 19.9 Å². The van der Waals surface area contributed by atoms with Gasteiger partial charge in [-0.15, -0.1) is 0 Å². The Morgan fingerprint density at radius 1 is 1.13 bits per heavy atom. The molecule has 1 aliphatic rings. The minimum absolute atomic E-state index is 0.00372. The van der Waals surface area contributed by atoms with Crippen LogP contribution < -0.4 is 10.5 Å². The van der Waals surface area contributed by atoms with Crippen LogP contribution in [-0.4, -0.2) is 54.4 Å². The number of benzene rings is 1. The van der Waals surface area contributed by atoms with E-state index in [-0.39, 0.29) is 23.9 Å². The molecule has 2 rings (SSSR count). The number of nitrogens with two attached hydrogens (primary N) is 1. The molecule has 2 atom stereocenters. The third-order valence-electron chi connectivity index (χ3n) is 4.90. The number of hydrogen-bond acceptors (Lipinski definition) is 6. The number of carbonyl (C=O) groups is 2. The molecular weight excluding hydrogens is 396 g/mol. The molecule has 2 unspecified atom stereocenters. The van der Waals surface area contributed by atoms with Crippen LogP contribution in [0.3, 0.4) is 0 Å². The molecule has 1 heterocycles. The third-order valence-corrected chi connectivity index (χ3v) is 4.90. The predicted molar refractivity (Wildman–Crippen MR) is 120 cm³/mol. The molecule has 1 amide bonds. The molecule has 1 aromatic rings. The maximum atomic E-state index is 13.1. The Morgan fingerprint density at radius 3 is 2.42 bits per heavy atom. The SMILES string of the molecule is CC(C)(C)OC(=O)C(Cc1cccc(OCCN)c1)C1CCN(C(=O)OC(C)(C)C)C1. The van der Waals surface area contributed by atoms with E-state index >= 15 is 0 Å². The highest BCUT2D eigenvalue weighted by Crippen LogP contribution is 2.31. The number of likely N-dealkylation sites (tertiary alicyclic amines) is 1. The van der Waals surface area contributed by atoms with Crippen LogP contribution in [0, 0.1) is 11.8 Å². The van der Waals surface area contributed by atoms with Gasteiger partial charge in [0.1, 0.15) is 23.6 Å². The number of nitrogens with zero attached hydrogens (tertiary/aromatic N) is 1. The van der Waals surface area contributed by atoms with Crippen LogP contribution in [0.1, 0.15) is 53.5 Å². The summed E-state index contributed by atoms with van der Waals surface area (Å²) in [5.74, 6) is 0.122. The van der Waals surface area contributed by atoms with Crippen LogP contribution in [0.5, 0.6) is 5.75 Å². The zero-order valence-corrected chi connectivity index (χ0v) is 19.8. The molecule has 31 heavy (non-hydrogen) atoms. The standard InChI is InChI=1S/C24H38N2O5/c1-23(2,3)30-21(27)20(15-17-8-7-9-19(14-17)29-13-11-25)18-10-12-26(16-18)22(28)31-24(4,5)6/h7-9,14,18,20H,10-13,15-16,25H2,1-6H3. The van der Waals surface area contributed by atoms with E-state index in [1.165, 1.54) is 0 Å². The van der Waals surface area contributed by atoms with Crippen molar-refractivity contribution < 1.29 is 23.8 Å². The van der Waals surface area contributed by atoms with E-state index in [0.29, 0.717) is 32.7 Å². The zero-order valence-electron chi connectivity index (χ0n) is 19.8. The highest BCUT2D eigenvalue weighted by Gasteiger charge is 2.39. The minimum Gasteiger partial charge on any atom is -0.492 e. The van der Waals surface area contributed by atoms with Gasteiger partial charge in [-0.2, -0.15) is 0 Å². The van der Waals surface area contributed by atoms with Crippen LogP contribution >= 0.6 is 0 Å². The van der Waals surface area contributed by atoms with E-state index < -0.39 is 11.2 Å². The molecule has 0 spiro atoms. The summed E-state index contributed by atoms with van der Waals surface area (Å²) in [4.78, 5) is 27.3. The van der Waals surface area contributed by atoms with E-state index in [0.717, 1.165) is 17.7 Å². The van der Waals surface area contributed by atoms with E-state index in [2.05, 4.69) is 0 Å². The first-order valence-corrected chi connectivity index (χ1v) is 11.0. The lowest BCUT2D eigenvalue weighted by Crippen LogP contribution is -2.38. The summed E-state index contributed by atoms with van der Waals surface area (Å²) in [5.41, 5.74) is 5.38. The molecule has 174 valence electrons. The monoisotopic (exact) mass is 434 g/mol. The molecule has 1 fully saturated rings. The van der Waals surface area contributed by atoms with Gasteiger partial charge in [0, 0.05) is 19.6 Å². The van der Waals surface area contributed by atoms with Gasteiger partial charge in [0.05, 0.1) is 5.92 Å². The summed E-state index contributed by atoms with van der Waals surface area (Å²) < 4.78 is 16.9. The van der Waals surface area contributed by atoms with Crippen molar-refractivity contribution in [2.45, 2.75) is 65.6 Å². The molecule has 0 aromatic heterocycles. The summed E-state index contributed by atoms with van der Waals surface area (Å²) in [6.07, 6.45) is 0.906. The largest absolute Gasteiger partial charge is 0.492 e. The number of amides is 1. The smallest absolute Gasteiger partial charge is 0.410 e. The number of rotatable bonds is 7. The first kappa shape index (κ1) is 25.0. The zero-order chi connectivity index (χ0) is 23.2. The summed E-state index contributed by atoms with van der Waals surface area (Å²) >= 11 is 0. The van der Waals surface area contributed by atoms with E-state index in [1.54, 1.807) is 4.90 Å². The number of esters is 1. The quantitative estimate of drug-likeness (QED) is 0.657. The van der Waals surface area contributed by atoms with Gasteiger partial charge < -0.3 is 24.8 Å². The van der Waals surface area contributed by atoms with Gasteiger partial charge in [-0.3, -0.25) is 4.79 Å². The topological polar surface area (TPSA) is 91.1 Å². The predicted octanol–water partition coefficient (Wildman–Crippen LogP) is 3.78. The molecular formula is C24H38N2O5. The van der Waals surface area contributed by atoms with E-state index in [9.17, 15) is 9.59 Å². The molecule has 7 heteroatoms. The van der Waals surface area contributed by atoms with Crippen molar-refractivity contribution in [3.8, 4) is 5.75 Å². The normalized spacial score (nSPS) is 17.9. The minimum atomic E-state index is -0.578. The second-order valence-electron chi connectivity index (χ2n) is 10.1. The van der Waals surface area contributed by atoms with Gasteiger partial charge in [-0.05, 0) is 78.0 Å². The van der Waals surface area contributed by atoms with Crippen molar-refractivity contribution in [3.63, 3.8) is 0 Å². The van der Waals surface area contributed by atoms with Crippen molar-refractivity contribution in [2.75, 3.05) is 26.2 Å². The second kappa shape index (κ2) is 10.4. The Bertz CT molecular complexity index is 751.